The number of rotatable bonds is 3. The number of imidazole rings is 1. The van der Waals surface area contributed by atoms with Gasteiger partial charge in [0, 0.05) is 11.1 Å². The first-order valence-corrected chi connectivity index (χ1v) is 9.16. The number of hydrogen-bond acceptors (Lipinski definition) is 5. The first-order valence-electron chi connectivity index (χ1n) is 8.35. The Morgan fingerprint density at radius 2 is 1.81 bits per heavy atom. The van der Waals surface area contributed by atoms with Crippen LogP contribution < -0.4 is 10.3 Å². The Balaban J connectivity index is 1.81. The fourth-order valence-corrected chi connectivity index (χ4v) is 4.31. The molecule has 5 rings (SSSR count). The molecule has 0 radical (unpaired) electrons. The Morgan fingerprint density at radius 3 is 2.56 bits per heavy atom. The highest BCUT2D eigenvalue weighted by molar-refractivity contribution is 7.24. The third-order valence-electron chi connectivity index (χ3n) is 4.49. The van der Waals surface area contributed by atoms with Gasteiger partial charge in [0.25, 0.3) is 5.56 Å². The van der Waals surface area contributed by atoms with E-state index in [9.17, 15) is 4.79 Å². The lowest BCUT2D eigenvalue weighted by Gasteiger charge is -2.04. The molecule has 3 aromatic heterocycles. The van der Waals surface area contributed by atoms with Crippen LogP contribution in [0.25, 0.3) is 37.7 Å². The highest BCUT2D eigenvalue weighted by atomic mass is 32.1. The molecule has 5 aromatic rings. The smallest absolute Gasteiger partial charge is 0.290 e. The summed E-state index contributed by atoms with van der Waals surface area (Å²) in [6.07, 6.45) is 1.79. The largest absolute Gasteiger partial charge is 0.497 e. The SMILES string of the molecule is COc1ccc(-c2cnc3sc4c(-c5ccccc5)n[nH]c(=O)c4n23)cc1. The lowest BCUT2D eigenvalue weighted by Crippen LogP contribution is -2.11. The fourth-order valence-electron chi connectivity index (χ4n) is 3.20. The molecule has 7 heteroatoms. The second-order valence-electron chi connectivity index (χ2n) is 6.04. The molecular formula is C20H14N4O2S. The molecule has 0 aliphatic carbocycles. The zero-order valence-corrected chi connectivity index (χ0v) is 15.2. The van der Waals surface area contributed by atoms with Crippen molar-refractivity contribution in [2.75, 3.05) is 7.11 Å². The lowest BCUT2D eigenvalue weighted by atomic mass is 10.1. The van der Waals surface area contributed by atoms with Gasteiger partial charge in [0.2, 0.25) is 0 Å². The van der Waals surface area contributed by atoms with E-state index in [0.717, 1.165) is 37.9 Å². The van der Waals surface area contributed by atoms with Crippen molar-refractivity contribution in [3.05, 3.63) is 71.1 Å². The van der Waals surface area contributed by atoms with Crippen molar-refractivity contribution < 1.29 is 4.74 Å². The molecule has 3 heterocycles. The average molecular weight is 374 g/mol. The predicted molar refractivity (Wildman–Crippen MR) is 106 cm³/mol. The quantitative estimate of drug-likeness (QED) is 0.519. The van der Waals surface area contributed by atoms with Gasteiger partial charge in [-0.25, -0.2) is 10.1 Å². The molecule has 6 nitrogen and oxygen atoms in total. The molecule has 27 heavy (non-hydrogen) atoms. The van der Waals surface area contributed by atoms with Crippen molar-refractivity contribution in [3.63, 3.8) is 0 Å². The van der Waals surface area contributed by atoms with E-state index >= 15 is 0 Å². The van der Waals surface area contributed by atoms with Crippen molar-refractivity contribution in [1.29, 1.82) is 0 Å². The summed E-state index contributed by atoms with van der Waals surface area (Å²) in [6.45, 7) is 0. The second-order valence-corrected chi connectivity index (χ2v) is 7.01. The van der Waals surface area contributed by atoms with E-state index < -0.39 is 0 Å². The van der Waals surface area contributed by atoms with Crippen LogP contribution in [0.3, 0.4) is 0 Å². The van der Waals surface area contributed by atoms with Gasteiger partial charge in [0.05, 0.1) is 23.7 Å². The van der Waals surface area contributed by atoms with Gasteiger partial charge in [-0.1, -0.05) is 41.7 Å². The summed E-state index contributed by atoms with van der Waals surface area (Å²) in [5.41, 5.74) is 3.85. The summed E-state index contributed by atoms with van der Waals surface area (Å²) in [5, 5.41) is 6.93. The number of benzene rings is 2. The number of methoxy groups -OCH3 is 1. The van der Waals surface area contributed by atoms with E-state index in [1.165, 1.54) is 11.3 Å². The summed E-state index contributed by atoms with van der Waals surface area (Å²) < 4.78 is 7.95. The van der Waals surface area contributed by atoms with Crippen LogP contribution in [0, 0.1) is 0 Å². The fraction of sp³-hybridized carbons (Fsp3) is 0.0500. The minimum absolute atomic E-state index is 0.233. The van der Waals surface area contributed by atoms with Gasteiger partial charge in [-0.15, -0.1) is 0 Å². The molecule has 0 fully saturated rings. The topological polar surface area (TPSA) is 72.3 Å². The normalized spacial score (nSPS) is 11.3. The van der Waals surface area contributed by atoms with Crippen molar-refractivity contribution in [3.8, 4) is 28.3 Å². The number of nitrogens with one attached hydrogen (secondary N) is 1. The molecular weight excluding hydrogens is 360 g/mol. The van der Waals surface area contributed by atoms with Gasteiger partial charge in [-0.05, 0) is 24.3 Å². The third-order valence-corrected chi connectivity index (χ3v) is 5.56. The van der Waals surface area contributed by atoms with Gasteiger partial charge in [-0.3, -0.25) is 9.20 Å². The van der Waals surface area contributed by atoms with E-state index in [1.807, 2.05) is 59.0 Å². The van der Waals surface area contributed by atoms with Gasteiger partial charge in [0.15, 0.2) is 4.96 Å². The van der Waals surface area contributed by atoms with E-state index in [4.69, 9.17) is 4.74 Å². The van der Waals surface area contributed by atoms with Crippen molar-refractivity contribution in [2.24, 2.45) is 0 Å². The Labute approximate surface area is 157 Å². The van der Waals surface area contributed by atoms with Crippen LogP contribution in [-0.4, -0.2) is 26.7 Å². The first kappa shape index (κ1) is 15.8. The van der Waals surface area contributed by atoms with E-state index in [-0.39, 0.29) is 5.56 Å². The first-order chi connectivity index (χ1) is 13.3. The summed E-state index contributed by atoms with van der Waals surface area (Å²) in [6, 6.07) is 17.5. The standard InChI is InChI=1S/C20H14N4O2S/c1-26-14-9-7-12(8-10-14)15-11-21-20-24(15)17-18(27-20)16(22-23-19(17)25)13-5-3-2-4-6-13/h2-11H,1H3,(H,23,25). The maximum absolute atomic E-state index is 12.6. The van der Waals surface area contributed by atoms with Gasteiger partial charge < -0.3 is 4.74 Å². The van der Waals surface area contributed by atoms with Gasteiger partial charge >= 0.3 is 0 Å². The maximum atomic E-state index is 12.6. The summed E-state index contributed by atoms with van der Waals surface area (Å²) in [5.74, 6) is 0.781. The molecule has 0 amide bonds. The van der Waals surface area contributed by atoms with Crippen molar-refractivity contribution in [2.45, 2.75) is 0 Å². The minimum atomic E-state index is -0.233. The van der Waals surface area contributed by atoms with Crippen LogP contribution >= 0.6 is 11.3 Å². The number of hydrogen-bond donors (Lipinski definition) is 1. The Hall–Kier alpha value is -3.45. The molecule has 0 aliphatic rings. The van der Waals surface area contributed by atoms with Crippen LogP contribution in [0.1, 0.15) is 0 Å². The maximum Gasteiger partial charge on any atom is 0.290 e. The molecule has 0 saturated heterocycles. The average Bonchev–Trinajstić information content (AvgIpc) is 3.29. The molecule has 2 aromatic carbocycles. The zero-order chi connectivity index (χ0) is 18.4. The second kappa shape index (κ2) is 6.07. The predicted octanol–water partition coefficient (Wildman–Crippen LogP) is 3.97. The Kier molecular flexibility index (Phi) is 3.54. The molecule has 0 saturated carbocycles. The third kappa shape index (κ3) is 2.43. The van der Waals surface area contributed by atoms with Gasteiger partial charge in [-0.2, -0.15) is 5.10 Å². The summed E-state index contributed by atoms with van der Waals surface area (Å²) in [7, 11) is 1.63. The van der Waals surface area contributed by atoms with Crippen LogP contribution in [0.2, 0.25) is 0 Å². The minimum Gasteiger partial charge on any atom is -0.497 e. The van der Waals surface area contributed by atoms with Crippen LogP contribution in [0.5, 0.6) is 5.75 Å². The molecule has 0 unspecified atom stereocenters. The molecule has 0 atom stereocenters. The molecule has 0 bridgehead atoms. The van der Waals surface area contributed by atoms with E-state index in [2.05, 4.69) is 15.2 Å². The number of ether oxygens (including phenoxy) is 1. The number of aromatic nitrogens is 4. The molecule has 1 N–H and O–H groups in total. The van der Waals surface area contributed by atoms with Crippen LogP contribution in [-0.2, 0) is 0 Å². The molecule has 0 aliphatic heterocycles. The lowest BCUT2D eigenvalue weighted by molar-refractivity contribution is 0.415. The number of aromatic amines is 1. The zero-order valence-electron chi connectivity index (χ0n) is 14.3. The number of thiazole rings is 1. The summed E-state index contributed by atoms with van der Waals surface area (Å²) >= 11 is 1.47. The number of nitrogens with zero attached hydrogens (tertiary/aromatic N) is 3. The van der Waals surface area contributed by atoms with Crippen LogP contribution in [0.15, 0.2) is 65.6 Å². The Morgan fingerprint density at radius 1 is 1.04 bits per heavy atom. The van der Waals surface area contributed by atoms with Crippen molar-refractivity contribution >= 4 is 26.5 Å². The number of fused-ring (bicyclic) bond motifs is 3. The van der Waals surface area contributed by atoms with E-state index in [1.54, 1.807) is 13.3 Å². The molecule has 0 spiro atoms. The highest BCUT2D eigenvalue weighted by Gasteiger charge is 2.19. The van der Waals surface area contributed by atoms with Crippen molar-refractivity contribution in [1.82, 2.24) is 19.6 Å². The summed E-state index contributed by atoms with van der Waals surface area (Å²) in [4.78, 5) is 17.9. The van der Waals surface area contributed by atoms with Crippen LogP contribution in [0.4, 0.5) is 0 Å². The highest BCUT2D eigenvalue weighted by Crippen LogP contribution is 2.34. The van der Waals surface area contributed by atoms with Gasteiger partial charge in [0.1, 0.15) is 17.0 Å². The monoisotopic (exact) mass is 374 g/mol. The molecule has 132 valence electrons. The Bertz CT molecular complexity index is 1320. The van der Waals surface area contributed by atoms with E-state index in [0.29, 0.717) is 5.52 Å². The number of H-pyrrole nitrogens is 1.